The number of fused-ring (bicyclic) bond motifs is 1. The first-order chi connectivity index (χ1) is 19.7. The van der Waals surface area contributed by atoms with Crippen molar-refractivity contribution in [2.24, 2.45) is 0 Å². The second-order valence-electron chi connectivity index (χ2n) is 9.57. The Hall–Kier alpha value is -4.68. The van der Waals surface area contributed by atoms with Gasteiger partial charge in [0.1, 0.15) is 23.6 Å². The van der Waals surface area contributed by atoms with Crippen LogP contribution in [-0.2, 0) is 24.8 Å². The highest BCUT2D eigenvalue weighted by atomic mass is 19.1. The molecule has 0 saturated carbocycles. The molecule has 3 aromatic carbocycles. The van der Waals surface area contributed by atoms with Gasteiger partial charge in [-0.05, 0) is 44.4 Å². The van der Waals surface area contributed by atoms with Crippen LogP contribution in [0.15, 0.2) is 70.3 Å². The summed E-state index contributed by atoms with van der Waals surface area (Å²) in [6.45, 7) is -1.13. The van der Waals surface area contributed by atoms with Crippen LogP contribution >= 0.6 is 0 Å². The van der Waals surface area contributed by atoms with Crippen LogP contribution in [0.2, 0.25) is 0 Å². The second kappa shape index (κ2) is 11.1. The molecule has 0 amide bonds. The Labute approximate surface area is 231 Å². The van der Waals surface area contributed by atoms with Crippen molar-refractivity contribution in [1.82, 2.24) is 23.8 Å². The first-order valence-corrected chi connectivity index (χ1v) is 12.5. The molecule has 211 valence electrons. The number of aromatic nitrogens is 4. The van der Waals surface area contributed by atoms with Crippen molar-refractivity contribution in [3.05, 3.63) is 116 Å². The van der Waals surface area contributed by atoms with Crippen molar-refractivity contribution >= 4 is 11.0 Å². The van der Waals surface area contributed by atoms with Gasteiger partial charge in [-0.15, -0.1) is 5.10 Å². The average molecular weight is 565 g/mol. The number of methoxy groups -OCH3 is 1. The number of para-hydroxylation sites is 1. The molecule has 0 atom stereocenters. The lowest BCUT2D eigenvalue weighted by atomic mass is 10.1. The van der Waals surface area contributed by atoms with Gasteiger partial charge in [-0.2, -0.15) is 0 Å². The van der Waals surface area contributed by atoms with Crippen molar-refractivity contribution in [2.75, 3.05) is 21.2 Å². The number of ether oxygens (including phenoxy) is 1. The Kier molecular flexibility index (Phi) is 7.52. The van der Waals surface area contributed by atoms with E-state index in [4.69, 9.17) is 4.74 Å². The highest BCUT2D eigenvalue weighted by Gasteiger charge is 2.27. The first-order valence-electron chi connectivity index (χ1n) is 12.5. The molecule has 0 saturated heterocycles. The second-order valence-corrected chi connectivity index (χ2v) is 9.57. The van der Waals surface area contributed by atoms with E-state index >= 15 is 4.39 Å². The molecule has 0 spiro atoms. The molecule has 41 heavy (non-hydrogen) atoms. The summed E-state index contributed by atoms with van der Waals surface area (Å²) in [5.41, 5.74) is -1.99. The largest absolute Gasteiger partial charge is 0.494 e. The summed E-state index contributed by atoms with van der Waals surface area (Å²) in [5, 5.41) is 16.5. The summed E-state index contributed by atoms with van der Waals surface area (Å²) < 4.78 is 53.0. The van der Waals surface area contributed by atoms with Crippen LogP contribution in [0, 0.1) is 17.5 Å². The maximum atomic E-state index is 15.5. The summed E-state index contributed by atoms with van der Waals surface area (Å²) in [7, 11) is 4.72. The maximum Gasteiger partial charge on any atom is 0.337 e. The van der Waals surface area contributed by atoms with E-state index in [9.17, 15) is 23.5 Å². The fourth-order valence-corrected chi connectivity index (χ4v) is 4.77. The smallest absolute Gasteiger partial charge is 0.337 e. The van der Waals surface area contributed by atoms with E-state index in [-0.39, 0.29) is 29.0 Å². The number of nitrogens with zero attached hydrogens (tertiary/aromatic N) is 5. The normalized spacial score (nSPS) is 11.5. The molecule has 2 heterocycles. The molecular weight excluding hydrogens is 539 g/mol. The number of hydrogen-bond donors (Lipinski definition) is 0. The average Bonchev–Trinajstić information content (AvgIpc) is 3.31. The van der Waals surface area contributed by atoms with Gasteiger partial charge in [0.25, 0.3) is 5.56 Å². The van der Waals surface area contributed by atoms with Gasteiger partial charge in [0.15, 0.2) is 17.2 Å². The number of rotatable bonds is 8. The molecule has 0 aliphatic rings. The molecule has 9 nitrogen and oxygen atoms in total. The van der Waals surface area contributed by atoms with Crippen LogP contribution in [-0.4, -0.2) is 45.0 Å². The predicted octanol–water partition coefficient (Wildman–Crippen LogP) is 3.80. The predicted molar refractivity (Wildman–Crippen MR) is 145 cm³/mol. The zero-order chi connectivity index (χ0) is 29.4. The Balaban J connectivity index is 1.96. The van der Waals surface area contributed by atoms with Crippen LogP contribution in [0.3, 0.4) is 0 Å². The minimum absolute atomic E-state index is 0.0852. The van der Waals surface area contributed by atoms with Gasteiger partial charge < -0.3 is 9.64 Å². The summed E-state index contributed by atoms with van der Waals surface area (Å²) in [6, 6.07) is 13.8. The highest BCUT2D eigenvalue weighted by molar-refractivity contribution is 5.79. The molecule has 12 heteroatoms. The third-order valence-corrected chi connectivity index (χ3v) is 6.68. The third kappa shape index (κ3) is 4.81. The molecular formula is C29H25F3N5O4. The number of halogens is 3. The third-order valence-electron chi connectivity index (χ3n) is 6.68. The van der Waals surface area contributed by atoms with Gasteiger partial charge in [-0.1, -0.05) is 30.3 Å². The van der Waals surface area contributed by atoms with Crippen molar-refractivity contribution in [2.45, 2.75) is 19.7 Å². The molecule has 0 aliphatic carbocycles. The van der Waals surface area contributed by atoms with Crippen molar-refractivity contribution in [1.29, 1.82) is 0 Å². The van der Waals surface area contributed by atoms with E-state index in [1.807, 2.05) is 0 Å². The molecule has 0 unspecified atom stereocenters. The molecule has 5 aromatic rings. The zero-order valence-electron chi connectivity index (χ0n) is 22.4. The van der Waals surface area contributed by atoms with E-state index in [2.05, 4.69) is 5.10 Å². The van der Waals surface area contributed by atoms with Crippen LogP contribution < -0.4 is 16.0 Å². The van der Waals surface area contributed by atoms with E-state index in [0.717, 1.165) is 16.7 Å². The molecule has 0 fully saturated rings. The monoisotopic (exact) mass is 564 g/mol. The lowest BCUT2D eigenvalue weighted by Gasteiger charge is -2.15. The van der Waals surface area contributed by atoms with Gasteiger partial charge in [0, 0.05) is 17.7 Å². The zero-order valence-corrected chi connectivity index (χ0v) is 22.4. The maximum absolute atomic E-state index is 15.5. The topological polar surface area (TPSA) is 94.2 Å². The van der Waals surface area contributed by atoms with E-state index in [1.54, 1.807) is 43.3 Å². The van der Waals surface area contributed by atoms with Crippen LogP contribution in [0.1, 0.15) is 16.8 Å². The van der Waals surface area contributed by atoms with Crippen molar-refractivity contribution in [3.8, 4) is 17.1 Å². The summed E-state index contributed by atoms with van der Waals surface area (Å²) >= 11 is 0. The summed E-state index contributed by atoms with van der Waals surface area (Å²) in [5.74, 6) is -3.02. The molecule has 0 N–H and O–H groups in total. The molecule has 0 bridgehead atoms. The van der Waals surface area contributed by atoms with Gasteiger partial charge in [-0.3, -0.25) is 9.36 Å². The molecule has 0 aliphatic heterocycles. The fraction of sp³-hybridized carbons (Fsp3) is 0.207. The van der Waals surface area contributed by atoms with Crippen molar-refractivity contribution < 1.29 is 23.0 Å². The van der Waals surface area contributed by atoms with Gasteiger partial charge in [0.2, 0.25) is 0 Å². The highest BCUT2D eigenvalue weighted by Crippen LogP contribution is 2.26. The van der Waals surface area contributed by atoms with Crippen LogP contribution in [0.5, 0.6) is 5.75 Å². The lowest BCUT2D eigenvalue weighted by Crippen LogP contribution is -2.40. The minimum atomic E-state index is -1.07. The van der Waals surface area contributed by atoms with Gasteiger partial charge in [0.05, 0.1) is 30.7 Å². The summed E-state index contributed by atoms with van der Waals surface area (Å²) in [6.07, 6.45) is 0. The van der Waals surface area contributed by atoms with Crippen LogP contribution in [0.25, 0.3) is 22.4 Å². The lowest BCUT2D eigenvalue weighted by molar-refractivity contribution is 0.177. The van der Waals surface area contributed by atoms with Crippen LogP contribution in [0.4, 0.5) is 13.2 Å². The fourth-order valence-electron chi connectivity index (χ4n) is 4.77. The Morgan fingerprint density at radius 1 is 0.902 bits per heavy atom. The van der Waals surface area contributed by atoms with Crippen molar-refractivity contribution in [3.63, 3.8) is 0 Å². The standard InChI is InChI=1S/C29H25F3N5O4/c1-34(2)15-23-25-27(33-37(23)21-11-5-4-8-17(21)16-38)35(14-18-19(30)9-6-10-20(18)31)29(40)36(28(25)39)22-12-7-13-24(41-3)26(22)32/h4-13H,14-16H2,1-3H3. The SMILES string of the molecule is COc1cccc(-n2c(=O)c3c(CN(C)C)n(-c4ccccc4C[O])nc3n(Cc3c(F)cccc3F)c2=O)c1F. The quantitative estimate of drug-likeness (QED) is 0.286. The van der Waals surface area contributed by atoms with E-state index < -0.39 is 53.1 Å². The Morgan fingerprint density at radius 2 is 1.56 bits per heavy atom. The van der Waals surface area contributed by atoms with Gasteiger partial charge >= 0.3 is 5.69 Å². The summed E-state index contributed by atoms with van der Waals surface area (Å²) in [4.78, 5) is 29.8. The first kappa shape index (κ1) is 27.9. The Bertz CT molecular complexity index is 1870. The van der Waals surface area contributed by atoms with Gasteiger partial charge in [-0.25, -0.2) is 32.3 Å². The molecule has 2 aromatic heterocycles. The minimum Gasteiger partial charge on any atom is -0.494 e. The molecule has 1 radical (unpaired) electrons. The number of benzene rings is 3. The Morgan fingerprint density at radius 3 is 2.22 bits per heavy atom. The number of hydrogen-bond acceptors (Lipinski definition) is 5. The van der Waals surface area contributed by atoms with E-state index in [0.29, 0.717) is 15.8 Å². The van der Waals surface area contributed by atoms with E-state index in [1.165, 1.54) is 36.1 Å². The molecule has 5 rings (SSSR count).